The third-order valence-electron chi connectivity index (χ3n) is 0.666. The Hall–Kier alpha value is -1.01. The van der Waals surface area contributed by atoms with Gasteiger partial charge in [-0.15, -0.1) is 0 Å². The zero-order chi connectivity index (χ0) is 9.94. The number of rotatable bonds is 1. The minimum atomic E-state index is -5.16. The van der Waals surface area contributed by atoms with Crippen molar-refractivity contribution in [2.75, 3.05) is 0 Å². The van der Waals surface area contributed by atoms with Crippen molar-refractivity contribution in [2.24, 2.45) is 0 Å². The highest BCUT2D eigenvalue weighted by atomic mass is 19.4. The molecule has 0 N–H and O–H groups in total. The van der Waals surface area contributed by atoms with Crippen molar-refractivity contribution in [1.82, 2.24) is 0 Å². The third kappa shape index (κ3) is 3.99. The van der Waals surface area contributed by atoms with Crippen LogP contribution in [0.4, 0.5) is 30.7 Å². The molecule has 0 radical (unpaired) electrons. The first-order chi connectivity index (χ1) is 5.24. The Kier molecular flexibility index (Phi) is 3.29. The molecule has 12 heavy (non-hydrogen) atoms. The number of alkyl halides is 3. The highest BCUT2D eigenvalue weighted by Crippen LogP contribution is 2.25. The van der Waals surface area contributed by atoms with Crippen LogP contribution in [0, 0.1) is 0 Å². The summed E-state index contributed by atoms with van der Waals surface area (Å²) < 4.78 is 79.2. The van der Waals surface area contributed by atoms with E-state index in [4.69, 9.17) is 0 Å². The normalized spacial score (nSPS) is 13.1. The molecule has 0 fully saturated rings. The smallest absolute Gasteiger partial charge is 0.204 e. The summed E-state index contributed by atoms with van der Waals surface area (Å²) in [4.78, 5) is 0. The Morgan fingerprint density at radius 3 is 1.58 bits per heavy atom. The second-order valence-corrected chi connectivity index (χ2v) is 1.61. The fourth-order valence-electron chi connectivity index (χ4n) is 0.297. The molecule has 0 saturated heterocycles. The molecule has 0 heterocycles. The Bertz CT molecular complexity index is 216. The monoisotopic (exact) mass is 194 g/mol. The van der Waals surface area contributed by atoms with Gasteiger partial charge in [-0.05, 0) is 0 Å². The predicted octanol–water partition coefficient (Wildman–Crippen LogP) is 3.48. The van der Waals surface area contributed by atoms with Crippen molar-refractivity contribution in [3.63, 3.8) is 0 Å². The van der Waals surface area contributed by atoms with E-state index < -0.39 is 30.0 Å². The molecular weight excluding hydrogens is 193 g/mol. The summed E-state index contributed by atoms with van der Waals surface area (Å²) in [5.41, 5.74) is 0. The first-order valence-corrected chi connectivity index (χ1v) is 2.40. The van der Waals surface area contributed by atoms with Crippen molar-refractivity contribution in [3.05, 3.63) is 23.8 Å². The summed E-state index contributed by atoms with van der Waals surface area (Å²) in [5.74, 6) is -5.44. The molecule has 0 bridgehead atoms. The van der Waals surface area contributed by atoms with Crippen molar-refractivity contribution in [3.8, 4) is 0 Å². The Balaban J connectivity index is 4.73. The molecule has 0 aliphatic heterocycles. The molecule has 0 atom stereocenters. The van der Waals surface area contributed by atoms with Crippen LogP contribution in [-0.4, -0.2) is 6.18 Å². The minimum absolute atomic E-state index is 1.19. The fraction of sp³-hybridized carbons (Fsp3) is 0.200. The van der Waals surface area contributed by atoms with Crippen molar-refractivity contribution in [1.29, 1.82) is 0 Å². The Labute approximate surface area is 62.0 Å². The lowest BCUT2D eigenvalue weighted by Gasteiger charge is -1.97. The van der Waals surface area contributed by atoms with Gasteiger partial charge < -0.3 is 0 Å². The second-order valence-electron chi connectivity index (χ2n) is 1.61. The molecular formula is C5HF7. The minimum Gasteiger partial charge on any atom is -0.204 e. The molecule has 0 saturated carbocycles. The Morgan fingerprint density at radius 2 is 1.33 bits per heavy atom. The molecule has 0 aliphatic carbocycles. The molecule has 0 aliphatic rings. The zero-order valence-electron chi connectivity index (χ0n) is 5.22. The summed E-state index contributed by atoms with van der Waals surface area (Å²) in [6.45, 7) is 0. The van der Waals surface area contributed by atoms with Crippen LogP contribution in [0.2, 0.25) is 0 Å². The van der Waals surface area contributed by atoms with Gasteiger partial charge in [0.2, 0.25) is 5.83 Å². The Morgan fingerprint density at radius 1 is 0.917 bits per heavy atom. The third-order valence-corrected chi connectivity index (χ3v) is 0.666. The van der Waals surface area contributed by atoms with Crippen LogP contribution in [0.5, 0.6) is 0 Å². The van der Waals surface area contributed by atoms with Gasteiger partial charge in [0.1, 0.15) is 0 Å². The van der Waals surface area contributed by atoms with Crippen LogP contribution >= 0.6 is 0 Å². The van der Waals surface area contributed by atoms with E-state index in [-0.39, 0.29) is 0 Å². The van der Waals surface area contributed by atoms with Crippen LogP contribution < -0.4 is 0 Å². The molecule has 0 aromatic carbocycles. The largest absolute Gasteiger partial charge is 0.412 e. The lowest BCUT2D eigenvalue weighted by atomic mass is 10.4. The van der Waals surface area contributed by atoms with E-state index >= 15 is 0 Å². The summed E-state index contributed by atoms with van der Waals surface area (Å²) in [6, 6.07) is 0. The van der Waals surface area contributed by atoms with Crippen LogP contribution in [0.25, 0.3) is 0 Å². The maximum Gasteiger partial charge on any atom is 0.412 e. The van der Waals surface area contributed by atoms with E-state index in [9.17, 15) is 30.7 Å². The SMILES string of the molecule is FC(F)=C(F)/C(F)=C/C(F)(F)F. The molecule has 0 amide bonds. The van der Waals surface area contributed by atoms with Crippen LogP contribution in [0.1, 0.15) is 0 Å². The number of hydrogen-bond acceptors (Lipinski definition) is 0. The quantitative estimate of drug-likeness (QED) is 0.442. The standard InChI is InChI=1S/C5HF7/c6-2(1-5(10,11)12)3(7)4(8)9/h1H/b2-1-. The average molecular weight is 194 g/mol. The molecule has 0 spiro atoms. The zero-order valence-corrected chi connectivity index (χ0v) is 5.22. The molecule has 70 valence electrons. The second kappa shape index (κ2) is 3.59. The molecule has 7 heteroatoms. The van der Waals surface area contributed by atoms with E-state index in [0.29, 0.717) is 0 Å². The van der Waals surface area contributed by atoms with Crippen LogP contribution in [-0.2, 0) is 0 Å². The van der Waals surface area contributed by atoms with E-state index in [2.05, 4.69) is 0 Å². The fourth-order valence-corrected chi connectivity index (χ4v) is 0.297. The topological polar surface area (TPSA) is 0 Å². The molecule has 0 aromatic rings. The van der Waals surface area contributed by atoms with Gasteiger partial charge in [0, 0.05) is 0 Å². The molecule has 0 aromatic heterocycles. The lowest BCUT2D eigenvalue weighted by Crippen LogP contribution is -2.02. The van der Waals surface area contributed by atoms with Gasteiger partial charge in [-0.1, -0.05) is 0 Å². The number of hydrogen-bond donors (Lipinski definition) is 0. The van der Waals surface area contributed by atoms with E-state index in [1.54, 1.807) is 0 Å². The molecule has 0 unspecified atom stereocenters. The van der Waals surface area contributed by atoms with Gasteiger partial charge in [0.05, 0.1) is 6.08 Å². The predicted molar refractivity (Wildman–Crippen MR) is 25.6 cm³/mol. The summed E-state index contributed by atoms with van der Waals surface area (Å²) in [7, 11) is 0. The van der Waals surface area contributed by atoms with Crippen molar-refractivity contribution in [2.45, 2.75) is 6.18 Å². The van der Waals surface area contributed by atoms with Crippen molar-refractivity contribution >= 4 is 0 Å². The number of halogens is 7. The van der Waals surface area contributed by atoms with E-state index in [0.717, 1.165) is 0 Å². The van der Waals surface area contributed by atoms with E-state index in [1.165, 1.54) is 0 Å². The molecule has 0 nitrogen and oxygen atoms in total. The maximum atomic E-state index is 11.8. The van der Waals surface area contributed by atoms with Gasteiger partial charge in [-0.3, -0.25) is 0 Å². The molecule has 0 rings (SSSR count). The number of allylic oxidation sites excluding steroid dienone is 3. The first kappa shape index (κ1) is 11.0. The van der Waals surface area contributed by atoms with Gasteiger partial charge >= 0.3 is 12.3 Å². The van der Waals surface area contributed by atoms with Crippen molar-refractivity contribution < 1.29 is 30.7 Å². The summed E-state index contributed by atoms with van der Waals surface area (Å²) >= 11 is 0. The van der Waals surface area contributed by atoms with Gasteiger partial charge in [0.15, 0.2) is 5.83 Å². The first-order valence-electron chi connectivity index (χ1n) is 2.40. The van der Waals surface area contributed by atoms with Gasteiger partial charge in [-0.25, -0.2) is 4.39 Å². The summed E-state index contributed by atoms with van der Waals surface area (Å²) in [5, 5.41) is 0. The average Bonchev–Trinajstić information content (AvgIpc) is 1.82. The van der Waals surface area contributed by atoms with Crippen LogP contribution in [0.15, 0.2) is 23.8 Å². The highest BCUT2D eigenvalue weighted by Gasteiger charge is 2.27. The highest BCUT2D eigenvalue weighted by molar-refractivity contribution is 5.20. The summed E-state index contributed by atoms with van der Waals surface area (Å²) in [6.07, 6.45) is -9.48. The van der Waals surface area contributed by atoms with E-state index in [1.807, 2.05) is 0 Å². The van der Waals surface area contributed by atoms with Gasteiger partial charge in [-0.2, -0.15) is 26.3 Å². The van der Waals surface area contributed by atoms with Gasteiger partial charge in [0.25, 0.3) is 0 Å². The van der Waals surface area contributed by atoms with Crippen LogP contribution in [0.3, 0.4) is 0 Å². The maximum absolute atomic E-state index is 11.8. The lowest BCUT2D eigenvalue weighted by molar-refractivity contribution is -0.0813.